The first-order valence-corrected chi connectivity index (χ1v) is 10.2. The number of nitriles is 1. The van der Waals surface area contributed by atoms with E-state index < -0.39 is 0 Å². The fraction of sp³-hybridized carbons (Fsp3) is 0.217. The molecule has 0 aliphatic heterocycles. The second-order valence-electron chi connectivity index (χ2n) is 6.79. The highest BCUT2D eigenvalue weighted by atomic mass is 32.1. The molecule has 1 amide bonds. The monoisotopic (exact) mass is 388 g/mol. The molecule has 0 unspecified atom stereocenters. The smallest absolute Gasteiger partial charge is 0.258 e. The van der Waals surface area contributed by atoms with Crippen LogP contribution in [0.2, 0.25) is 0 Å². The summed E-state index contributed by atoms with van der Waals surface area (Å²) >= 11 is 1.62. The summed E-state index contributed by atoms with van der Waals surface area (Å²) in [5, 5.41) is 14.3. The van der Waals surface area contributed by atoms with Gasteiger partial charge in [0.15, 0.2) is 6.61 Å². The number of hydrogen-bond donors (Lipinski definition) is 1. The molecule has 5 heteroatoms. The van der Waals surface area contributed by atoms with Crippen molar-refractivity contribution in [1.82, 2.24) is 5.32 Å². The van der Waals surface area contributed by atoms with E-state index in [4.69, 9.17) is 10.00 Å². The number of carbonyl (C=O) groups excluding carboxylic acids is 1. The number of thiophene rings is 1. The Morgan fingerprint density at radius 2 is 2.00 bits per heavy atom. The van der Waals surface area contributed by atoms with Gasteiger partial charge in [-0.25, -0.2) is 0 Å². The maximum atomic E-state index is 12.6. The normalized spacial score (nSPS) is 13.4. The molecule has 1 heterocycles. The van der Waals surface area contributed by atoms with Gasteiger partial charge in [-0.1, -0.05) is 36.4 Å². The molecule has 4 rings (SSSR count). The Kier molecular flexibility index (Phi) is 5.41. The fourth-order valence-electron chi connectivity index (χ4n) is 3.58. The molecule has 0 radical (unpaired) electrons. The van der Waals surface area contributed by atoms with E-state index in [1.54, 1.807) is 35.6 Å². The standard InChI is InChI=1S/C23H20N2O2S/c24-14-19-5-1-2-8-20(19)27-15-22(26)25-23(21-9-4-12-28-21)18-11-10-16-6-3-7-17(16)13-18/h1-2,4-5,8-13,23H,3,6-7,15H2,(H,25,26)/t23-/m1/s1. The zero-order valence-electron chi connectivity index (χ0n) is 15.4. The van der Waals surface area contributed by atoms with Crippen LogP contribution in [0.1, 0.15) is 39.6 Å². The molecular weight excluding hydrogens is 368 g/mol. The molecular formula is C23H20N2O2S. The van der Waals surface area contributed by atoms with Crippen LogP contribution in [0, 0.1) is 11.3 Å². The van der Waals surface area contributed by atoms with Gasteiger partial charge >= 0.3 is 0 Å². The van der Waals surface area contributed by atoms with Crippen LogP contribution in [-0.2, 0) is 17.6 Å². The van der Waals surface area contributed by atoms with E-state index in [0.29, 0.717) is 11.3 Å². The number of aryl methyl sites for hydroxylation is 2. The van der Waals surface area contributed by atoms with Crippen LogP contribution >= 0.6 is 11.3 Å². The maximum Gasteiger partial charge on any atom is 0.258 e. The fourth-order valence-corrected chi connectivity index (χ4v) is 4.38. The molecule has 2 aromatic carbocycles. The van der Waals surface area contributed by atoms with Crippen molar-refractivity contribution in [2.75, 3.05) is 6.61 Å². The molecule has 0 bridgehead atoms. The van der Waals surface area contributed by atoms with E-state index >= 15 is 0 Å². The van der Waals surface area contributed by atoms with Crippen molar-refractivity contribution in [3.63, 3.8) is 0 Å². The molecule has 0 fully saturated rings. The number of nitrogens with zero attached hydrogens (tertiary/aromatic N) is 1. The van der Waals surface area contributed by atoms with Crippen LogP contribution in [-0.4, -0.2) is 12.5 Å². The van der Waals surface area contributed by atoms with Gasteiger partial charge in [0, 0.05) is 4.88 Å². The van der Waals surface area contributed by atoms with E-state index in [2.05, 4.69) is 29.6 Å². The van der Waals surface area contributed by atoms with Crippen molar-refractivity contribution in [1.29, 1.82) is 5.26 Å². The van der Waals surface area contributed by atoms with Gasteiger partial charge in [0.1, 0.15) is 11.8 Å². The first-order valence-electron chi connectivity index (χ1n) is 9.31. The van der Waals surface area contributed by atoms with Crippen molar-refractivity contribution in [3.8, 4) is 11.8 Å². The lowest BCUT2D eigenvalue weighted by molar-refractivity contribution is -0.123. The van der Waals surface area contributed by atoms with Crippen LogP contribution in [0.25, 0.3) is 0 Å². The lowest BCUT2D eigenvalue weighted by Crippen LogP contribution is -2.33. The average molecular weight is 388 g/mol. The van der Waals surface area contributed by atoms with Crippen LogP contribution in [0.15, 0.2) is 60.0 Å². The lowest BCUT2D eigenvalue weighted by atomic mass is 10.00. The molecule has 3 aromatic rings. The van der Waals surface area contributed by atoms with Gasteiger partial charge in [-0.2, -0.15) is 5.26 Å². The summed E-state index contributed by atoms with van der Waals surface area (Å²) in [5.74, 6) is 0.206. The number of hydrogen-bond acceptors (Lipinski definition) is 4. The lowest BCUT2D eigenvalue weighted by Gasteiger charge is -2.19. The molecule has 1 N–H and O–H groups in total. The third-order valence-corrected chi connectivity index (χ3v) is 5.89. The highest BCUT2D eigenvalue weighted by Gasteiger charge is 2.21. The van der Waals surface area contributed by atoms with E-state index in [1.807, 2.05) is 17.5 Å². The number of amides is 1. The average Bonchev–Trinajstić information content (AvgIpc) is 3.42. The zero-order valence-corrected chi connectivity index (χ0v) is 16.2. The predicted octanol–water partition coefficient (Wildman–Crippen LogP) is 4.39. The minimum absolute atomic E-state index is 0.133. The Bertz CT molecular complexity index is 1020. The molecule has 140 valence electrons. The Hall–Kier alpha value is -3.10. The summed E-state index contributed by atoms with van der Waals surface area (Å²) < 4.78 is 5.59. The van der Waals surface area contributed by atoms with Gasteiger partial charge in [-0.05, 0) is 59.5 Å². The Morgan fingerprint density at radius 1 is 1.14 bits per heavy atom. The van der Waals surface area contributed by atoms with Crippen LogP contribution in [0.3, 0.4) is 0 Å². The van der Waals surface area contributed by atoms with Crippen molar-refractivity contribution in [2.45, 2.75) is 25.3 Å². The highest BCUT2D eigenvalue weighted by molar-refractivity contribution is 7.10. The van der Waals surface area contributed by atoms with Gasteiger partial charge in [0.05, 0.1) is 11.6 Å². The molecule has 0 saturated heterocycles. The molecule has 1 aliphatic rings. The van der Waals surface area contributed by atoms with Crippen molar-refractivity contribution in [2.24, 2.45) is 0 Å². The molecule has 0 spiro atoms. The number of benzene rings is 2. The molecule has 1 aliphatic carbocycles. The van der Waals surface area contributed by atoms with Crippen molar-refractivity contribution in [3.05, 3.63) is 87.1 Å². The third kappa shape index (κ3) is 3.92. The summed E-state index contributed by atoms with van der Waals surface area (Å²) in [5.41, 5.74) is 4.31. The Morgan fingerprint density at radius 3 is 2.82 bits per heavy atom. The van der Waals surface area contributed by atoms with E-state index in [9.17, 15) is 4.79 Å². The number of fused-ring (bicyclic) bond motifs is 1. The summed E-state index contributed by atoms with van der Waals surface area (Å²) in [4.78, 5) is 13.7. The first-order chi connectivity index (χ1) is 13.7. The molecule has 1 aromatic heterocycles. The summed E-state index contributed by atoms with van der Waals surface area (Å²) in [6.07, 6.45) is 3.43. The van der Waals surface area contributed by atoms with E-state index in [-0.39, 0.29) is 18.6 Å². The minimum atomic E-state index is -0.216. The number of para-hydroxylation sites is 1. The van der Waals surface area contributed by atoms with Crippen LogP contribution < -0.4 is 10.1 Å². The van der Waals surface area contributed by atoms with Gasteiger partial charge in [-0.15, -0.1) is 11.3 Å². The predicted molar refractivity (Wildman–Crippen MR) is 109 cm³/mol. The second kappa shape index (κ2) is 8.28. The zero-order chi connectivity index (χ0) is 19.3. The summed E-state index contributed by atoms with van der Waals surface area (Å²) in [7, 11) is 0. The number of ether oxygens (including phenoxy) is 1. The molecule has 1 atom stereocenters. The van der Waals surface area contributed by atoms with E-state index in [0.717, 1.165) is 23.3 Å². The van der Waals surface area contributed by atoms with Crippen LogP contribution in [0.4, 0.5) is 0 Å². The first kappa shape index (κ1) is 18.3. The minimum Gasteiger partial charge on any atom is -0.482 e. The van der Waals surface area contributed by atoms with Gasteiger partial charge in [0.25, 0.3) is 5.91 Å². The molecule has 28 heavy (non-hydrogen) atoms. The summed E-state index contributed by atoms with van der Waals surface area (Å²) in [6, 6.07) is 19.3. The Balaban J connectivity index is 1.50. The topological polar surface area (TPSA) is 62.1 Å². The molecule has 4 nitrogen and oxygen atoms in total. The van der Waals surface area contributed by atoms with Gasteiger partial charge in [0.2, 0.25) is 0 Å². The number of carbonyl (C=O) groups is 1. The highest BCUT2D eigenvalue weighted by Crippen LogP contribution is 2.30. The maximum absolute atomic E-state index is 12.6. The second-order valence-corrected chi connectivity index (χ2v) is 7.77. The third-order valence-electron chi connectivity index (χ3n) is 4.96. The molecule has 0 saturated carbocycles. The number of nitrogens with one attached hydrogen (secondary N) is 1. The largest absolute Gasteiger partial charge is 0.482 e. The van der Waals surface area contributed by atoms with E-state index in [1.165, 1.54) is 17.5 Å². The number of rotatable bonds is 6. The quantitative estimate of drug-likeness (QED) is 0.681. The van der Waals surface area contributed by atoms with Crippen molar-refractivity contribution >= 4 is 17.2 Å². The Labute approximate surface area is 168 Å². The van der Waals surface area contributed by atoms with Gasteiger partial charge < -0.3 is 10.1 Å². The van der Waals surface area contributed by atoms with Gasteiger partial charge in [-0.3, -0.25) is 4.79 Å². The SMILES string of the molecule is N#Cc1ccccc1OCC(=O)N[C@H](c1ccc2c(c1)CCC2)c1cccs1. The van der Waals surface area contributed by atoms with Crippen molar-refractivity contribution < 1.29 is 9.53 Å². The van der Waals surface area contributed by atoms with Crippen LogP contribution in [0.5, 0.6) is 5.75 Å². The summed E-state index contributed by atoms with van der Waals surface area (Å²) in [6.45, 7) is -0.133.